The minimum Gasteiger partial charge on any atom is -0.390 e. The molecular formula is C18H20F2N2O4. The predicted molar refractivity (Wildman–Crippen MR) is 88.2 cm³/mol. The van der Waals surface area contributed by atoms with Gasteiger partial charge in [0.05, 0.1) is 12.2 Å². The van der Waals surface area contributed by atoms with Crippen LogP contribution in [0.1, 0.15) is 30.8 Å². The Morgan fingerprint density at radius 3 is 2.69 bits per heavy atom. The summed E-state index contributed by atoms with van der Waals surface area (Å²) in [5, 5.41) is 23.7. The number of rotatable bonds is 2. The van der Waals surface area contributed by atoms with Crippen LogP contribution in [0.4, 0.5) is 8.78 Å². The predicted octanol–water partition coefficient (Wildman–Crippen LogP) is 2.21. The number of nitrogens with zero attached hydrogens (tertiary/aromatic N) is 2. The van der Waals surface area contributed by atoms with Crippen molar-refractivity contribution >= 4 is 5.91 Å². The van der Waals surface area contributed by atoms with E-state index in [1.165, 1.54) is 17.0 Å². The van der Waals surface area contributed by atoms with Gasteiger partial charge in [-0.05, 0) is 24.0 Å². The molecule has 0 saturated carbocycles. The van der Waals surface area contributed by atoms with Crippen molar-refractivity contribution in [3.8, 4) is 11.3 Å². The fourth-order valence-corrected chi connectivity index (χ4v) is 3.21. The summed E-state index contributed by atoms with van der Waals surface area (Å²) in [6.07, 6.45) is -1.65. The van der Waals surface area contributed by atoms with Crippen LogP contribution in [0.3, 0.4) is 0 Å². The van der Waals surface area contributed by atoms with Gasteiger partial charge in [-0.3, -0.25) is 4.79 Å². The zero-order chi connectivity index (χ0) is 19.1. The van der Waals surface area contributed by atoms with Crippen LogP contribution in [0.15, 0.2) is 28.8 Å². The van der Waals surface area contributed by atoms with Crippen molar-refractivity contribution in [2.75, 3.05) is 13.1 Å². The second-order valence-electron chi connectivity index (χ2n) is 7.39. The van der Waals surface area contributed by atoms with E-state index in [0.29, 0.717) is 13.0 Å². The van der Waals surface area contributed by atoms with Crippen molar-refractivity contribution < 1.29 is 28.3 Å². The summed E-state index contributed by atoms with van der Waals surface area (Å²) in [4.78, 5) is 14.1. The molecule has 1 aromatic heterocycles. The first-order chi connectivity index (χ1) is 12.2. The molecule has 26 heavy (non-hydrogen) atoms. The molecule has 0 aliphatic carbocycles. The molecule has 0 bridgehead atoms. The zero-order valence-corrected chi connectivity index (χ0v) is 14.4. The first-order valence-corrected chi connectivity index (χ1v) is 8.24. The number of hydrogen-bond acceptors (Lipinski definition) is 5. The summed E-state index contributed by atoms with van der Waals surface area (Å²) in [5.41, 5.74) is -0.320. The van der Waals surface area contributed by atoms with Gasteiger partial charge in [-0.15, -0.1) is 0 Å². The van der Waals surface area contributed by atoms with E-state index in [4.69, 9.17) is 4.52 Å². The average Bonchev–Trinajstić information content (AvgIpc) is 2.98. The minimum atomic E-state index is -1.07. The Morgan fingerprint density at radius 1 is 1.27 bits per heavy atom. The number of β-amino-alcohol motifs (C(OH)–C–C–N with tert-alkyl or cyclic N) is 1. The van der Waals surface area contributed by atoms with Crippen LogP contribution in [-0.2, 0) is 0 Å². The third-order valence-electron chi connectivity index (χ3n) is 4.45. The minimum absolute atomic E-state index is 0.0147. The van der Waals surface area contributed by atoms with Crippen molar-refractivity contribution in [3.05, 3.63) is 41.7 Å². The highest BCUT2D eigenvalue weighted by atomic mass is 19.1. The monoisotopic (exact) mass is 366 g/mol. The van der Waals surface area contributed by atoms with Crippen LogP contribution in [0.2, 0.25) is 0 Å². The highest BCUT2D eigenvalue weighted by Crippen LogP contribution is 2.30. The van der Waals surface area contributed by atoms with Gasteiger partial charge < -0.3 is 19.6 Å². The molecule has 6 nitrogen and oxygen atoms in total. The van der Waals surface area contributed by atoms with E-state index < -0.39 is 35.2 Å². The Labute approximate surface area is 149 Å². The van der Waals surface area contributed by atoms with Gasteiger partial charge in [0.1, 0.15) is 17.3 Å². The fraction of sp³-hybridized carbons (Fsp3) is 0.444. The maximum absolute atomic E-state index is 13.9. The quantitative estimate of drug-likeness (QED) is 0.851. The van der Waals surface area contributed by atoms with Crippen LogP contribution < -0.4 is 0 Å². The number of aliphatic hydroxyl groups excluding tert-OH is 2. The normalized spacial score (nSPS) is 22.9. The lowest BCUT2D eigenvalue weighted by molar-refractivity contribution is 0.00334. The lowest BCUT2D eigenvalue weighted by atomic mass is 9.86. The fourth-order valence-electron chi connectivity index (χ4n) is 3.21. The van der Waals surface area contributed by atoms with Gasteiger partial charge in [-0.25, -0.2) is 8.78 Å². The number of carbonyl (C=O) groups is 1. The molecule has 1 aromatic carbocycles. The first-order valence-electron chi connectivity index (χ1n) is 8.24. The van der Waals surface area contributed by atoms with Crippen molar-refractivity contribution in [2.45, 2.75) is 32.5 Å². The van der Waals surface area contributed by atoms with Crippen molar-refractivity contribution in [2.24, 2.45) is 5.41 Å². The lowest BCUT2D eigenvalue weighted by Crippen LogP contribution is -2.40. The molecule has 0 spiro atoms. The van der Waals surface area contributed by atoms with E-state index in [1.54, 1.807) is 0 Å². The SMILES string of the molecule is CC1(C)C[C@@H](O)[C@@H](O)CN(C(=O)c2cc(-c3ccc(F)cc3F)no2)C1. The highest BCUT2D eigenvalue weighted by Gasteiger charge is 2.37. The summed E-state index contributed by atoms with van der Waals surface area (Å²) in [6, 6.07) is 4.30. The number of aromatic nitrogens is 1. The molecule has 2 atom stereocenters. The van der Waals surface area contributed by atoms with E-state index >= 15 is 0 Å². The van der Waals surface area contributed by atoms with Gasteiger partial charge >= 0.3 is 0 Å². The number of halogens is 2. The Balaban J connectivity index is 1.85. The molecule has 0 radical (unpaired) electrons. The summed E-state index contributed by atoms with van der Waals surface area (Å²) in [6.45, 7) is 4.02. The molecule has 8 heteroatoms. The van der Waals surface area contributed by atoms with Gasteiger partial charge in [-0.2, -0.15) is 0 Å². The second-order valence-corrected chi connectivity index (χ2v) is 7.39. The van der Waals surface area contributed by atoms with Gasteiger partial charge in [0, 0.05) is 30.8 Å². The van der Waals surface area contributed by atoms with Gasteiger partial charge in [0.25, 0.3) is 5.91 Å². The molecule has 1 aliphatic rings. The molecule has 0 unspecified atom stereocenters. The lowest BCUT2D eigenvalue weighted by Gasteiger charge is -2.28. The van der Waals surface area contributed by atoms with Crippen LogP contribution in [0.25, 0.3) is 11.3 Å². The van der Waals surface area contributed by atoms with Crippen molar-refractivity contribution in [3.63, 3.8) is 0 Å². The summed E-state index contributed by atoms with van der Waals surface area (Å²) < 4.78 is 31.9. The Hall–Kier alpha value is -2.32. The highest BCUT2D eigenvalue weighted by molar-refractivity contribution is 5.92. The smallest absolute Gasteiger partial charge is 0.292 e. The number of likely N-dealkylation sites (tertiary alicyclic amines) is 1. The van der Waals surface area contributed by atoms with Gasteiger partial charge in [0.2, 0.25) is 5.76 Å². The molecular weight excluding hydrogens is 346 g/mol. The van der Waals surface area contributed by atoms with Crippen LogP contribution in [0.5, 0.6) is 0 Å². The summed E-state index contributed by atoms with van der Waals surface area (Å²) in [7, 11) is 0. The van der Waals surface area contributed by atoms with E-state index in [0.717, 1.165) is 12.1 Å². The third-order valence-corrected chi connectivity index (χ3v) is 4.45. The average molecular weight is 366 g/mol. The van der Waals surface area contributed by atoms with Crippen molar-refractivity contribution in [1.82, 2.24) is 10.1 Å². The maximum Gasteiger partial charge on any atom is 0.292 e. The molecule has 2 heterocycles. The molecule has 2 N–H and O–H groups in total. The number of hydrogen-bond donors (Lipinski definition) is 2. The number of amides is 1. The molecule has 1 aliphatic heterocycles. The number of aliphatic hydroxyl groups is 2. The molecule has 2 aromatic rings. The molecule has 140 valence electrons. The Kier molecular flexibility index (Phi) is 4.81. The van der Waals surface area contributed by atoms with E-state index in [9.17, 15) is 23.8 Å². The molecule has 1 saturated heterocycles. The largest absolute Gasteiger partial charge is 0.390 e. The second kappa shape index (κ2) is 6.77. The third kappa shape index (κ3) is 3.76. The standard InChI is InChI=1S/C18H20F2N2O4/c1-18(2)7-14(23)15(24)8-22(9-18)17(25)16-6-13(21-26-16)11-4-3-10(19)5-12(11)20/h3-6,14-15,23-24H,7-9H2,1-2H3/t14-,15+/m1/s1. The van der Waals surface area contributed by atoms with Crippen molar-refractivity contribution in [1.29, 1.82) is 0 Å². The zero-order valence-electron chi connectivity index (χ0n) is 14.4. The molecule has 1 fully saturated rings. The first kappa shape index (κ1) is 18.5. The number of benzene rings is 1. The summed E-state index contributed by atoms with van der Waals surface area (Å²) in [5.74, 6) is -2.17. The topological polar surface area (TPSA) is 86.8 Å². The van der Waals surface area contributed by atoms with E-state index in [-0.39, 0.29) is 23.6 Å². The molecule has 3 rings (SSSR count). The number of carbonyl (C=O) groups excluding carboxylic acids is 1. The van der Waals surface area contributed by atoms with Gasteiger partial charge in [-0.1, -0.05) is 19.0 Å². The Morgan fingerprint density at radius 2 is 2.00 bits per heavy atom. The summed E-state index contributed by atoms with van der Waals surface area (Å²) >= 11 is 0. The van der Waals surface area contributed by atoms with Crippen LogP contribution in [-0.4, -0.2) is 51.5 Å². The van der Waals surface area contributed by atoms with E-state index in [2.05, 4.69) is 5.16 Å². The van der Waals surface area contributed by atoms with E-state index in [1.807, 2.05) is 13.8 Å². The van der Waals surface area contributed by atoms with Crippen LogP contribution >= 0.6 is 0 Å². The maximum atomic E-state index is 13.9. The van der Waals surface area contributed by atoms with Crippen LogP contribution in [0, 0.1) is 17.0 Å². The Bertz CT molecular complexity index is 821. The van der Waals surface area contributed by atoms with Gasteiger partial charge in [0.15, 0.2) is 0 Å². The molecule has 1 amide bonds.